The van der Waals surface area contributed by atoms with Crippen LogP contribution in [0, 0.1) is 0 Å². The van der Waals surface area contributed by atoms with Crippen LogP contribution in [0.3, 0.4) is 0 Å². The highest BCUT2D eigenvalue weighted by atomic mass is 16.5. The number of hydrogen-bond donors (Lipinski definition) is 1. The summed E-state index contributed by atoms with van der Waals surface area (Å²) < 4.78 is 12.5. The van der Waals surface area contributed by atoms with Crippen molar-refractivity contribution in [1.82, 2.24) is 20.1 Å². The highest BCUT2D eigenvalue weighted by molar-refractivity contribution is 5.42. The Hall–Kier alpha value is -2.08. The van der Waals surface area contributed by atoms with E-state index in [1.54, 1.807) is 26.5 Å². The van der Waals surface area contributed by atoms with E-state index in [-0.39, 0.29) is 0 Å². The molecule has 0 spiro atoms. The quantitative estimate of drug-likeness (QED) is 0.840. The molecule has 0 unspecified atom stereocenters. The topological polar surface area (TPSA) is 61.2 Å². The molecule has 2 aromatic rings. The lowest BCUT2D eigenvalue weighted by Crippen LogP contribution is -2.15. The maximum Gasteiger partial charge on any atom is 0.183 e. The van der Waals surface area contributed by atoms with Gasteiger partial charge in [-0.25, -0.2) is 0 Å². The third-order valence-electron chi connectivity index (χ3n) is 3.30. The van der Waals surface area contributed by atoms with Gasteiger partial charge in [0.2, 0.25) is 0 Å². The van der Waals surface area contributed by atoms with E-state index in [0.717, 1.165) is 24.4 Å². The first kappa shape index (κ1) is 15.3. The lowest BCUT2D eigenvalue weighted by molar-refractivity contribution is 0.348. The summed E-state index contributed by atoms with van der Waals surface area (Å²) in [6.07, 6.45) is 4.70. The summed E-state index contributed by atoms with van der Waals surface area (Å²) >= 11 is 0. The molecule has 6 heteroatoms. The van der Waals surface area contributed by atoms with E-state index >= 15 is 0 Å². The highest BCUT2D eigenvalue weighted by Crippen LogP contribution is 2.28. The number of pyridine rings is 1. The van der Waals surface area contributed by atoms with Crippen molar-refractivity contribution in [2.75, 3.05) is 14.2 Å². The molecule has 21 heavy (non-hydrogen) atoms. The maximum absolute atomic E-state index is 5.38. The van der Waals surface area contributed by atoms with Gasteiger partial charge in [-0.1, -0.05) is 6.92 Å². The van der Waals surface area contributed by atoms with Crippen molar-refractivity contribution in [3.05, 3.63) is 35.4 Å². The van der Waals surface area contributed by atoms with Gasteiger partial charge in [0.15, 0.2) is 11.5 Å². The fourth-order valence-electron chi connectivity index (χ4n) is 2.32. The van der Waals surface area contributed by atoms with E-state index in [9.17, 15) is 0 Å². The molecule has 0 atom stereocenters. The highest BCUT2D eigenvalue weighted by Gasteiger charge is 2.11. The summed E-state index contributed by atoms with van der Waals surface area (Å²) in [5.41, 5.74) is 3.16. The van der Waals surface area contributed by atoms with Crippen LogP contribution < -0.4 is 14.8 Å². The first-order valence-corrected chi connectivity index (χ1v) is 6.97. The summed E-state index contributed by atoms with van der Waals surface area (Å²) in [7, 11) is 5.19. The van der Waals surface area contributed by atoms with Gasteiger partial charge in [0.1, 0.15) is 0 Å². The zero-order valence-corrected chi connectivity index (χ0v) is 13.0. The first-order valence-electron chi connectivity index (χ1n) is 6.97. The summed E-state index contributed by atoms with van der Waals surface area (Å²) in [6.45, 7) is 3.47. The van der Waals surface area contributed by atoms with Gasteiger partial charge in [-0.15, -0.1) is 0 Å². The summed E-state index contributed by atoms with van der Waals surface area (Å²) in [5.74, 6) is 1.37. The van der Waals surface area contributed by atoms with Gasteiger partial charge in [0.25, 0.3) is 0 Å². The number of nitrogens with one attached hydrogen (secondary N) is 1. The number of aromatic nitrogens is 3. The Morgan fingerprint density at radius 3 is 2.67 bits per heavy atom. The van der Waals surface area contributed by atoms with Crippen molar-refractivity contribution in [1.29, 1.82) is 0 Å². The largest absolute Gasteiger partial charge is 0.493 e. The Balaban J connectivity index is 2.03. The second-order valence-electron chi connectivity index (χ2n) is 4.72. The Labute approximate surface area is 125 Å². The monoisotopic (exact) mass is 290 g/mol. The third kappa shape index (κ3) is 3.52. The van der Waals surface area contributed by atoms with Crippen molar-refractivity contribution in [2.24, 2.45) is 7.05 Å². The number of rotatable bonds is 7. The molecule has 114 valence electrons. The van der Waals surface area contributed by atoms with Crippen LogP contribution in [0.15, 0.2) is 18.5 Å². The van der Waals surface area contributed by atoms with Crippen LogP contribution in [0.5, 0.6) is 11.5 Å². The Bertz CT molecular complexity index is 595. The van der Waals surface area contributed by atoms with Crippen LogP contribution in [0.2, 0.25) is 0 Å². The molecule has 0 aliphatic heterocycles. The molecule has 6 nitrogen and oxygen atoms in total. The molecule has 1 N–H and O–H groups in total. The summed E-state index contributed by atoms with van der Waals surface area (Å²) in [6, 6.07) is 1.79. The molecule has 2 heterocycles. The molecule has 0 aliphatic carbocycles. The van der Waals surface area contributed by atoms with Gasteiger partial charge in [0.05, 0.1) is 25.6 Å². The van der Waals surface area contributed by atoms with Gasteiger partial charge < -0.3 is 14.8 Å². The predicted octanol–water partition coefficient (Wildman–Crippen LogP) is 1.68. The molecule has 0 bridgehead atoms. The number of aryl methyl sites for hydroxylation is 2. The van der Waals surface area contributed by atoms with E-state index in [2.05, 4.69) is 22.3 Å². The van der Waals surface area contributed by atoms with Crippen LogP contribution in [0.25, 0.3) is 0 Å². The van der Waals surface area contributed by atoms with Crippen molar-refractivity contribution in [3.8, 4) is 11.5 Å². The van der Waals surface area contributed by atoms with Crippen LogP contribution in [-0.4, -0.2) is 29.0 Å². The van der Waals surface area contributed by atoms with Crippen LogP contribution in [0.1, 0.15) is 23.9 Å². The zero-order valence-electron chi connectivity index (χ0n) is 13.0. The summed E-state index contributed by atoms with van der Waals surface area (Å²) in [5, 5.41) is 7.81. The molecular weight excluding hydrogens is 268 g/mol. The minimum absolute atomic E-state index is 0.610. The van der Waals surface area contributed by atoms with Gasteiger partial charge in [-0.3, -0.25) is 9.67 Å². The minimum atomic E-state index is 0.610. The minimum Gasteiger partial charge on any atom is -0.493 e. The zero-order chi connectivity index (χ0) is 15.2. The standard InChI is InChI=1S/C15H22N4O2/c1-5-12-11(10-19(2)18-12)8-16-9-13-15(21-4)14(20-3)6-7-17-13/h6-7,10,16H,5,8-9H2,1-4H3. The fourth-order valence-corrected chi connectivity index (χ4v) is 2.32. The molecule has 0 fully saturated rings. The lowest BCUT2D eigenvalue weighted by Gasteiger charge is -2.12. The normalized spacial score (nSPS) is 10.7. The van der Waals surface area contributed by atoms with Crippen molar-refractivity contribution in [2.45, 2.75) is 26.4 Å². The van der Waals surface area contributed by atoms with Gasteiger partial charge in [-0.2, -0.15) is 5.10 Å². The molecule has 0 amide bonds. The Morgan fingerprint density at radius 1 is 1.19 bits per heavy atom. The van der Waals surface area contributed by atoms with Crippen LogP contribution in [0.4, 0.5) is 0 Å². The maximum atomic E-state index is 5.38. The molecular formula is C15H22N4O2. The third-order valence-corrected chi connectivity index (χ3v) is 3.30. The smallest absolute Gasteiger partial charge is 0.183 e. The van der Waals surface area contributed by atoms with Crippen molar-refractivity contribution >= 4 is 0 Å². The summed E-state index contributed by atoms with van der Waals surface area (Å²) in [4.78, 5) is 4.35. The molecule has 0 radical (unpaired) electrons. The molecule has 0 saturated carbocycles. The molecule has 0 aliphatic rings. The molecule has 2 rings (SSSR count). The molecule has 0 aromatic carbocycles. The molecule has 2 aromatic heterocycles. The number of hydrogen-bond acceptors (Lipinski definition) is 5. The van der Waals surface area contributed by atoms with E-state index in [4.69, 9.17) is 9.47 Å². The number of methoxy groups -OCH3 is 2. The SMILES string of the molecule is CCc1nn(C)cc1CNCc1nccc(OC)c1OC. The van der Waals surface area contributed by atoms with Gasteiger partial charge in [0, 0.05) is 44.2 Å². The van der Waals surface area contributed by atoms with E-state index in [0.29, 0.717) is 18.0 Å². The van der Waals surface area contributed by atoms with E-state index < -0.39 is 0 Å². The van der Waals surface area contributed by atoms with E-state index in [1.807, 2.05) is 17.9 Å². The average Bonchev–Trinajstić information content (AvgIpc) is 2.86. The average molecular weight is 290 g/mol. The predicted molar refractivity (Wildman–Crippen MR) is 80.5 cm³/mol. The van der Waals surface area contributed by atoms with Gasteiger partial charge in [-0.05, 0) is 6.42 Å². The first-order chi connectivity index (χ1) is 10.2. The Kier molecular flexibility index (Phi) is 5.16. The van der Waals surface area contributed by atoms with Crippen LogP contribution >= 0.6 is 0 Å². The van der Waals surface area contributed by atoms with Crippen molar-refractivity contribution < 1.29 is 9.47 Å². The lowest BCUT2D eigenvalue weighted by atomic mass is 10.2. The van der Waals surface area contributed by atoms with E-state index in [1.165, 1.54) is 5.56 Å². The number of nitrogens with zero attached hydrogens (tertiary/aromatic N) is 3. The molecule has 0 saturated heterocycles. The van der Waals surface area contributed by atoms with Gasteiger partial charge >= 0.3 is 0 Å². The fraction of sp³-hybridized carbons (Fsp3) is 0.467. The second-order valence-corrected chi connectivity index (χ2v) is 4.72. The number of ether oxygens (including phenoxy) is 2. The Morgan fingerprint density at radius 2 is 2.00 bits per heavy atom. The second kappa shape index (κ2) is 7.08. The van der Waals surface area contributed by atoms with Crippen molar-refractivity contribution in [3.63, 3.8) is 0 Å². The van der Waals surface area contributed by atoms with Crippen LogP contribution in [-0.2, 0) is 26.6 Å².